The number of carbonyl (C=O) groups excluding carboxylic acids is 1. The Morgan fingerprint density at radius 2 is 1.96 bits per heavy atom. The monoisotopic (exact) mass is 367 g/mol. The van der Waals surface area contributed by atoms with Crippen LogP contribution in [0.2, 0.25) is 0 Å². The number of aromatic nitrogens is 4. The molecule has 140 valence electrons. The van der Waals surface area contributed by atoms with Gasteiger partial charge in [0.25, 0.3) is 0 Å². The van der Waals surface area contributed by atoms with Gasteiger partial charge in [-0.25, -0.2) is 19.0 Å². The van der Waals surface area contributed by atoms with Crippen molar-refractivity contribution >= 4 is 5.91 Å². The maximum atomic E-state index is 13.0. The third kappa shape index (κ3) is 3.42. The summed E-state index contributed by atoms with van der Waals surface area (Å²) in [6.07, 6.45) is 4.66. The molecule has 0 atom stereocenters. The molecule has 0 radical (unpaired) electrons. The first-order valence-corrected chi connectivity index (χ1v) is 9.09. The highest BCUT2D eigenvalue weighted by molar-refractivity contribution is 5.76. The molecule has 8 nitrogen and oxygen atoms in total. The van der Waals surface area contributed by atoms with Crippen LogP contribution in [-0.4, -0.2) is 43.2 Å². The van der Waals surface area contributed by atoms with E-state index in [0.29, 0.717) is 17.4 Å². The molecule has 1 aliphatic rings. The van der Waals surface area contributed by atoms with Gasteiger partial charge in [0.15, 0.2) is 5.76 Å². The van der Waals surface area contributed by atoms with E-state index < -0.39 is 5.69 Å². The van der Waals surface area contributed by atoms with Crippen molar-refractivity contribution in [2.45, 2.75) is 32.7 Å². The number of furan rings is 1. The van der Waals surface area contributed by atoms with Crippen LogP contribution in [0.4, 0.5) is 0 Å². The SMILES string of the molecule is Cc1cccc(-n2c(-c3ccco3)nn(CC(=O)N3CCCCC3)c2=O)n1. The highest BCUT2D eigenvalue weighted by Crippen LogP contribution is 2.19. The second kappa shape index (κ2) is 7.22. The third-order valence-corrected chi connectivity index (χ3v) is 4.68. The van der Waals surface area contributed by atoms with E-state index in [2.05, 4.69) is 10.1 Å². The van der Waals surface area contributed by atoms with Gasteiger partial charge in [0.2, 0.25) is 11.7 Å². The number of piperidine rings is 1. The fourth-order valence-electron chi connectivity index (χ4n) is 3.31. The van der Waals surface area contributed by atoms with E-state index in [4.69, 9.17) is 4.42 Å². The van der Waals surface area contributed by atoms with Gasteiger partial charge >= 0.3 is 5.69 Å². The molecule has 27 heavy (non-hydrogen) atoms. The summed E-state index contributed by atoms with van der Waals surface area (Å²) in [5.74, 6) is 1.13. The number of aryl methyl sites for hydroxylation is 1. The van der Waals surface area contributed by atoms with Crippen LogP contribution in [0.25, 0.3) is 17.4 Å². The average Bonchev–Trinajstić information content (AvgIpc) is 3.31. The van der Waals surface area contributed by atoms with Gasteiger partial charge < -0.3 is 9.32 Å². The number of amides is 1. The molecule has 0 bridgehead atoms. The Morgan fingerprint density at radius 1 is 1.15 bits per heavy atom. The summed E-state index contributed by atoms with van der Waals surface area (Å²) in [6.45, 7) is 3.23. The standard InChI is InChI=1S/C19H21N5O3/c1-14-7-5-9-16(20-14)24-18(15-8-6-12-27-15)21-23(19(24)26)13-17(25)22-10-3-2-4-11-22/h5-9,12H,2-4,10-11,13H2,1H3. The first-order valence-electron chi connectivity index (χ1n) is 9.09. The van der Waals surface area contributed by atoms with Crippen LogP contribution in [-0.2, 0) is 11.3 Å². The molecule has 1 amide bonds. The number of hydrogen-bond donors (Lipinski definition) is 0. The normalized spacial score (nSPS) is 14.5. The first-order chi connectivity index (χ1) is 13.1. The van der Waals surface area contributed by atoms with Crippen LogP contribution < -0.4 is 5.69 Å². The van der Waals surface area contributed by atoms with Crippen molar-refractivity contribution in [2.75, 3.05) is 13.1 Å². The van der Waals surface area contributed by atoms with Crippen molar-refractivity contribution in [2.24, 2.45) is 0 Å². The summed E-state index contributed by atoms with van der Waals surface area (Å²) in [4.78, 5) is 31.8. The van der Waals surface area contributed by atoms with Gasteiger partial charge in [-0.1, -0.05) is 6.07 Å². The average molecular weight is 367 g/mol. The molecule has 3 aromatic rings. The fraction of sp³-hybridized carbons (Fsp3) is 0.368. The maximum Gasteiger partial charge on any atom is 0.352 e. The van der Waals surface area contributed by atoms with Crippen molar-refractivity contribution < 1.29 is 9.21 Å². The molecular formula is C19H21N5O3. The lowest BCUT2D eigenvalue weighted by atomic mass is 10.1. The largest absolute Gasteiger partial charge is 0.461 e. The molecule has 1 aliphatic heterocycles. The Kier molecular flexibility index (Phi) is 4.62. The Morgan fingerprint density at radius 3 is 2.67 bits per heavy atom. The van der Waals surface area contributed by atoms with Gasteiger partial charge in [0, 0.05) is 18.8 Å². The van der Waals surface area contributed by atoms with Gasteiger partial charge in [-0.05, 0) is 50.5 Å². The summed E-state index contributed by atoms with van der Waals surface area (Å²) in [5, 5.41) is 4.38. The van der Waals surface area contributed by atoms with Crippen LogP contribution >= 0.6 is 0 Å². The molecule has 0 unspecified atom stereocenters. The zero-order chi connectivity index (χ0) is 18.8. The molecular weight excluding hydrogens is 346 g/mol. The number of rotatable bonds is 4. The number of carbonyl (C=O) groups is 1. The van der Waals surface area contributed by atoms with E-state index in [0.717, 1.165) is 38.0 Å². The highest BCUT2D eigenvalue weighted by atomic mass is 16.3. The molecule has 8 heteroatoms. The topological polar surface area (TPSA) is 86.2 Å². The molecule has 0 saturated carbocycles. The number of nitrogens with zero attached hydrogens (tertiary/aromatic N) is 5. The Balaban J connectivity index is 1.74. The Labute approximate surface area is 156 Å². The third-order valence-electron chi connectivity index (χ3n) is 4.68. The molecule has 4 heterocycles. The Hall–Kier alpha value is -3.16. The quantitative estimate of drug-likeness (QED) is 0.704. The summed E-state index contributed by atoms with van der Waals surface area (Å²) >= 11 is 0. The number of hydrogen-bond acceptors (Lipinski definition) is 5. The summed E-state index contributed by atoms with van der Waals surface area (Å²) in [5.41, 5.74) is 0.367. The van der Waals surface area contributed by atoms with Crippen LogP contribution in [0.15, 0.2) is 45.8 Å². The molecule has 1 fully saturated rings. The molecule has 1 saturated heterocycles. The predicted molar refractivity (Wildman–Crippen MR) is 98.5 cm³/mol. The highest BCUT2D eigenvalue weighted by Gasteiger charge is 2.23. The van der Waals surface area contributed by atoms with Crippen LogP contribution in [0, 0.1) is 6.92 Å². The van der Waals surface area contributed by atoms with Crippen LogP contribution in [0.1, 0.15) is 25.0 Å². The van der Waals surface area contributed by atoms with Crippen LogP contribution in [0.5, 0.6) is 0 Å². The fourth-order valence-corrected chi connectivity index (χ4v) is 3.31. The van der Waals surface area contributed by atoms with E-state index in [-0.39, 0.29) is 12.5 Å². The van der Waals surface area contributed by atoms with Crippen molar-refractivity contribution in [1.82, 2.24) is 24.2 Å². The predicted octanol–water partition coefficient (Wildman–Crippen LogP) is 2.01. The molecule has 0 spiro atoms. The van der Waals surface area contributed by atoms with Crippen molar-refractivity contribution in [3.05, 3.63) is 52.8 Å². The van der Waals surface area contributed by atoms with E-state index in [9.17, 15) is 9.59 Å². The number of likely N-dealkylation sites (tertiary alicyclic amines) is 1. The smallest absolute Gasteiger partial charge is 0.352 e. The first kappa shape index (κ1) is 17.3. The maximum absolute atomic E-state index is 13.0. The Bertz CT molecular complexity index is 997. The molecule has 0 N–H and O–H groups in total. The second-order valence-electron chi connectivity index (χ2n) is 6.66. The van der Waals surface area contributed by atoms with Crippen LogP contribution in [0.3, 0.4) is 0 Å². The van der Waals surface area contributed by atoms with Crippen molar-refractivity contribution in [1.29, 1.82) is 0 Å². The molecule has 4 rings (SSSR count). The molecule has 0 aliphatic carbocycles. The van der Waals surface area contributed by atoms with Gasteiger partial charge in [-0.2, -0.15) is 0 Å². The van der Waals surface area contributed by atoms with Gasteiger partial charge in [0.1, 0.15) is 12.4 Å². The molecule has 3 aromatic heterocycles. The van der Waals surface area contributed by atoms with E-state index in [1.807, 2.05) is 19.1 Å². The van der Waals surface area contributed by atoms with E-state index in [1.54, 1.807) is 23.1 Å². The zero-order valence-electron chi connectivity index (χ0n) is 15.2. The summed E-state index contributed by atoms with van der Waals surface area (Å²) in [7, 11) is 0. The van der Waals surface area contributed by atoms with Crippen molar-refractivity contribution in [3.8, 4) is 17.4 Å². The lowest BCUT2D eigenvalue weighted by molar-refractivity contribution is -0.133. The summed E-state index contributed by atoms with van der Waals surface area (Å²) in [6, 6.07) is 8.87. The van der Waals surface area contributed by atoms with Gasteiger partial charge in [0.05, 0.1) is 6.26 Å². The van der Waals surface area contributed by atoms with Gasteiger partial charge in [-0.3, -0.25) is 4.79 Å². The lowest BCUT2D eigenvalue weighted by Crippen LogP contribution is -2.40. The van der Waals surface area contributed by atoms with E-state index in [1.165, 1.54) is 15.5 Å². The number of pyridine rings is 1. The minimum Gasteiger partial charge on any atom is -0.461 e. The lowest BCUT2D eigenvalue weighted by Gasteiger charge is -2.26. The summed E-state index contributed by atoms with van der Waals surface area (Å²) < 4.78 is 8.02. The van der Waals surface area contributed by atoms with E-state index >= 15 is 0 Å². The van der Waals surface area contributed by atoms with Crippen molar-refractivity contribution in [3.63, 3.8) is 0 Å². The minimum absolute atomic E-state index is 0.0919. The zero-order valence-corrected chi connectivity index (χ0v) is 15.2. The minimum atomic E-state index is -0.412. The van der Waals surface area contributed by atoms with Gasteiger partial charge in [-0.15, -0.1) is 5.10 Å². The second-order valence-corrected chi connectivity index (χ2v) is 6.66. The molecule has 0 aromatic carbocycles.